The number of carbonyl (C=O) groups is 3. The highest BCUT2D eigenvalue weighted by Crippen LogP contribution is 2.31. The lowest BCUT2D eigenvalue weighted by molar-refractivity contribution is -0.130. The number of halogens is 3. The van der Waals surface area contributed by atoms with Crippen LogP contribution in [-0.2, 0) is 11.3 Å². The summed E-state index contributed by atoms with van der Waals surface area (Å²) in [5.41, 5.74) is 0.963. The smallest absolute Gasteiger partial charge is 0.262 e. The van der Waals surface area contributed by atoms with Crippen LogP contribution in [0.5, 0.6) is 5.75 Å². The lowest BCUT2D eigenvalue weighted by Crippen LogP contribution is -2.41. The lowest BCUT2D eigenvalue weighted by Gasteiger charge is -2.21. The van der Waals surface area contributed by atoms with Gasteiger partial charge < -0.3 is 9.64 Å². The number of nitrogens with zero attached hydrogens (tertiary/aromatic N) is 2. The third-order valence-electron chi connectivity index (χ3n) is 4.38. The van der Waals surface area contributed by atoms with E-state index in [-0.39, 0.29) is 27.7 Å². The third-order valence-corrected chi connectivity index (χ3v) is 5.34. The average molecular weight is 442 g/mol. The number of rotatable bonds is 5. The summed E-state index contributed by atoms with van der Waals surface area (Å²) in [6.07, 6.45) is 0. The Hall–Kier alpha value is -2.28. The van der Waals surface area contributed by atoms with E-state index in [9.17, 15) is 14.4 Å². The number of hydrogen-bond acceptors (Lipinski definition) is 4. The number of amides is 3. The van der Waals surface area contributed by atoms with Crippen LogP contribution in [0.4, 0.5) is 0 Å². The number of methoxy groups -OCH3 is 1. The van der Waals surface area contributed by atoms with Gasteiger partial charge in [0.05, 0.1) is 28.3 Å². The van der Waals surface area contributed by atoms with E-state index < -0.39 is 24.3 Å². The molecular weight excluding hydrogens is 427 g/mol. The van der Waals surface area contributed by atoms with Gasteiger partial charge in [0.1, 0.15) is 12.3 Å². The number of hydrogen-bond donors (Lipinski definition) is 0. The largest absolute Gasteiger partial charge is 0.496 e. The molecule has 3 amide bonds. The Morgan fingerprint density at radius 3 is 2.14 bits per heavy atom. The van der Waals surface area contributed by atoms with E-state index in [0.717, 1.165) is 4.90 Å². The zero-order valence-electron chi connectivity index (χ0n) is 15.0. The van der Waals surface area contributed by atoms with E-state index in [2.05, 4.69) is 0 Å². The second kappa shape index (κ2) is 7.99. The SMILES string of the molecule is COc1ccc(Cl)cc1CN(C)C(=O)CN1C(=O)c2cc(Cl)c(Cl)cc2C1=O. The molecule has 2 aromatic carbocycles. The molecular formula is C19H15Cl3N2O4. The Balaban J connectivity index is 1.75. The fourth-order valence-electron chi connectivity index (χ4n) is 2.90. The highest BCUT2D eigenvalue weighted by atomic mass is 35.5. The van der Waals surface area contributed by atoms with Crippen molar-refractivity contribution in [2.45, 2.75) is 6.54 Å². The highest BCUT2D eigenvalue weighted by molar-refractivity contribution is 6.43. The highest BCUT2D eigenvalue weighted by Gasteiger charge is 2.37. The molecule has 146 valence electrons. The molecule has 0 radical (unpaired) electrons. The van der Waals surface area contributed by atoms with E-state index in [1.165, 1.54) is 24.1 Å². The molecule has 1 aliphatic rings. The number of ether oxygens (including phenoxy) is 1. The van der Waals surface area contributed by atoms with Crippen LogP contribution in [0.3, 0.4) is 0 Å². The minimum absolute atomic E-state index is 0.131. The van der Waals surface area contributed by atoms with Crippen LogP contribution in [0.1, 0.15) is 26.3 Å². The summed E-state index contributed by atoms with van der Waals surface area (Å²) in [5, 5.41) is 0.838. The Bertz CT molecular complexity index is 952. The van der Waals surface area contributed by atoms with Crippen molar-refractivity contribution in [2.75, 3.05) is 20.7 Å². The first-order valence-electron chi connectivity index (χ1n) is 8.14. The van der Waals surface area contributed by atoms with Crippen LogP contribution in [0.25, 0.3) is 0 Å². The maximum Gasteiger partial charge on any atom is 0.262 e. The first-order valence-corrected chi connectivity index (χ1v) is 9.28. The zero-order valence-corrected chi connectivity index (χ0v) is 17.2. The van der Waals surface area contributed by atoms with Crippen molar-refractivity contribution in [3.8, 4) is 5.75 Å². The molecule has 1 heterocycles. The summed E-state index contributed by atoms with van der Waals surface area (Å²) in [7, 11) is 3.08. The van der Waals surface area contributed by atoms with Gasteiger partial charge in [0.25, 0.3) is 11.8 Å². The van der Waals surface area contributed by atoms with Crippen LogP contribution >= 0.6 is 34.8 Å². The van der Waals surface area contributed by atoms with Crippen LogP contribution in [0.2, 0.25) is 15.1 Å². The maximum absolute atomic E-state index is 12.6. The first kappa shape index (κ1) is 20.5. The van der Waals surface area contributed by atoms with E-state index in [0.29, 0.717) is 16.3 Å². The predicted molar refractivity (Wildman–Crippen MR) is 106 cm³/mol. The van der Waals surface area contributed by atoms with E-state index in [4.69, 9.17) is 39.5 Å². The monoisotopic (exact) mass is 440 g/mol. The fourth-order valence-corrected chi connectivity index (χ4v) is 3.42. The van der Waals surface area contributed by atoms with Crippen LogP contribution in [0, 0.1) is 0 Å². The Morgan fingerprint density at radius 2 is 1.61 bits per heavy atom. The van der Waals surface area contributed by atoms with E-state index >= 15 is 0 Å². The molecule has 9 heteroatoms. The summed E-state index contributed by atoms with van der Waals surface area (Å²) in [5.74, 6) is -1.01. The van der Waals surface area contributed by atoms with E-state index in [1.807, 2.05) is 0 Å². The predicted octanol–water partition coefficient (Wildman–Crippen LogP) is 3.91. The summed E-state index contributed by atoms with van der Waals surface area (Å²) in [4.78, 5) is 39.9. The van der Waals surface area contributed by atoms with Gasteiger partial charge in [0.2, 0.25) is 5.91 Å². The molecule has 2 aromatic rings. The molecule has 0 atom stereocenters. The molecule has 0 bridgehead atoms. The lowest BCUT2D eigenvalue weighted by atomic mass is 10.1. The van der Waals surface area contributed by atoms with Crippen LogP contribution in [-0.4, -0.2) is 48.2 Å². The standard InChI is InChI=1S/C19H15Cl3N2O4/c1-23(8-10-5-11(20)3-4-16(10)28-2)17(25)9-24-18(26)12-6-14(21)15(22)7-13(12)19(24)27/h3-7H,8-9H2,1-2H3. The molecule has 6 nitrogen and oxygen atoms in total. The van der Waals surface area contributed by atoms with Gasteiger partial charge in [-0.25, -0.2) is 0 Å². The van der Waals surface area contributed by atoms with Gasteiger partial charge >= 0.3 is 0 Å². The van der Waals surface area contributed by atoms with Gasteiger partial charge in [-0.1, -0.05) is 34.8 Å². The first-order chi connectivity index (χ1) is 13.2. The summed E-state index contributed by atoms with van der Waals surface area (Å²) < 4.78 is 5.27. The van der Waals surface area contributed by atoms with Crippen molar-refractivity contribution in [3.05, 3.63) is 62.1 Å². The van der Waals surface area contributed by atoms with Crippen molar-refractivity contribution in [1.82, 2.24) is 9.80 Å². The molecule has 0 N–H and O–H groups in total. The average Bonchev–Trinajstić information content (AvgIpc) is 2.87. The zero-order chi connectivity index (χ0) is 20.6. The minimum Gasteiger partial charge on any atom is -0.496 e. The van der Waals surface area contributed by atoms with Crippen LogP contribution in [0.15, 0.2) is 30.3 Å². The molecule has 1 aliphatic heterocycles. The van der Waals surface area contributed by atoms with Gasteiger partial charge in [-0.05, 0) is 30.3 Å². The Morgan fingerprint density at radius 1 is 1.04 bits per heavy atom. The molecule has 0 spiro atoms. The topological polar surface area (TPSA) is 66.9 Å². The van der Waals surface area contributed by atoms with Gasteiger partial charge in [0, 0.05) is 24.2 Å². The Labute approximate surface area is 176 Å². The maximum atomic E-state index is 12.6. The molecule has 0 unspecified atom stereocenters. The van der Waals surface area contributed by atoms with E-state index in [1.54, 1.807) is 25.2 Å². The molecule has 0 saturated carbocycles. The van der Waals surface area contributed by atoms with Crippen LogP contribution < -0.4 is 4.74 Å². The molecule has 0 fully saturated rings. The summed E-state index contributed by atoms with van der Waals surface area (Å²) >= 11 is 17.9. The molecule has 3 rings (SSSR count). The number of likely N-dealkylation sites (N-methyl/N-ethyl adjacent to an activating group) is 1. The number of carbonyl (C=O) groups excluding carboxylic acids is 3. The van der Waals surface area contributed by atoms with Crippen molar-refractivity contribution in [1.29, 1.82) is 0 Å². The third kappa shape index (κ3) is 3.81. The molecule has 0 aliphatic carbocycles. The number of imide groups is 1. The second-order valence-corrected chi connectivity index (χ2v) is 7.47. The van der Waals surface area contributed by atoms with Crippen molar-refractivity contribution < 1.29 is 19.1 Å². The molecule has 0 aromatic heterocycles. The normalized spacial score (nSPS) is 13.0. The van der Waals surface area contributed by atoms with Crippen molar-refractivity contribution in [2.24, 2.45) is 0 Å². The van der Waals surface area contributed by atoms with Gasteiger partial charge in [-0.15, -0.1) is 0 Å². The Kier molecular flexibility index (Phi) is 5.84. The molecule has 0 saturated heterocycles. The van der Waals surface area contributed by atoms with Gasteiger partial charge in [-0.3, -0.25) is 19.3 Å². The minimum atomic E-state index is -0.583. The van der Waals surface area contributed by atoms with Crippen molar-refractivity contribution in [3.63, 3.8) is 0 Å². The fraction of sp³-hybridized carbons (Fsp3) is 0.211. The van der Waals surface area contributed by atoms with Gasteiger partial charge in [-0.2, -0.15) is 0 Å². The van der Waals surface area contributed by atoms with Crippen molar-refractivity contribution >= 4 is 52.5 Å². The number of benzene rings is 2. The number of fused-ring (bicyclic) bond motifs is 1. The molecule has 28 heavy (non-hydrogen) atoms. The summed E-state index contributed by atoms with van der Waals surface area (Å²) in [6, 6.07) is 7.75. The second-order valence-electron chi connectivity index (χ2n) is 6.21. The quantitative estimate of drug-likeness (QED) is 0.660. The van der Waals surface area contributed by atoms with Gasteiger partial charge in [0.15, 0.2) is 0 Å². The summed E-state index contributed by atoms with van der Waals surface area (Å²) in [6.45, 7) is -0.204.